The monoisotopic (exact) mass is 261 g/mol. The molecular formula is C16H23NO2. The molecule has 2 rings (SSSR count). The summed E-state index contributed by atoms with van der Waals surface area (Å²) in [6, 6.07) is 7.64. The number of hydrogen-bond donors (Lipinski definition) is 1. The molecule has 19 heavy (non-hydrogen) atoms. The number of aliphatic hydroxyl groups is 1. The van der Waals surface area contributed by atoms with Crippen molar-refractivity contribution in [2.75, 3.05) is 13.1 Å². The number of hydrogen-bond acceptors (Lipinski definition) is 3. The highest BCUT2D eigenvalue weighted by atomic mass is 16.3. The zero-order valence-corrected chi connectivity index (χ0v) is 12.0. The molecular weight excluding hydrogens is 238 g/mol. The molecule has 3 atom stereocenters. The van der Waals surface area contributed by atoms with Crippen LogP contribution in [0.4, 0.5) is 0 Å². The second kappa shape index (κ2) is 5.85. The van der Waals surface area contributed by atoms with Gasteiger partial charge >= 0.3 is 0 Å². The van der Waals surface area contributed by atoms with Gasteiger partial charge in [-0.3, -0.25) is 9.69 Å². The maximum absolute atomic E-state index is 12.4. The molecule has 104 valence electrons. The third kappa shape index (κ3) is 3.23. The number of carbonyl (C=O) groups excluding carboxylic acids is 1. The van der Waals surface area contributed by atoms with E-state index in [0.717, 1.165) is 25.1 Å². The molecule has 1 saturated heterocycles. The Labute approximate surface area is 115 Å². The van der Waals surface area contributed by atoms with Crippen LogP contribution in [0.25, 0.3) is 0 Å². The highest BCUT2D eigenvalue weighted by molar-refractivity contribution is 5.99. The second-order valence-corrected chi connectivity index (χ2v) is 5.69. The number of nitrogens with zero attached hydrogens (tertiary/aromatic N) is 1. The standard InChI is InChI=1S/C16H23NO2/c1-11-4-6-14(7-5-11)16(19)12(2)17-9-8-15(10-17)13(3)18/h4-7,12-13,15,18H,8-10H2,1-3H3. The van der Waals surface area contributed by atoms with Crippen LogP contribution in [-0.2, 0) is 0 Å². The lowest BCUT2D eigenvalue weighted by atomic mass is 10.0. The Morgan fingerprint density at radius 3 is 2.47 bits per heavy atom. The Hall–Kier alpha value is -1.19. The maximum atomic E-state index is 12.4. The molecule has 0 saturated carbocycles. The topological polar surface area (TPSA) is 40.5 Å². The van der Waals surface area contributed by atoms with Gasteiger partial charge in [0, 0.05) is 12.1 Å². The molecule has 0 aliphatic carbocycles. The number of aliphatic hydroxyl groups excluding tert-OH is 1. The maximum Gasteiger partial charge on any atom is 0.179 e. The fourth-order valence-electron chi connectivity index (χ4n) is 2.69. The SMILES string of the molecule is Cc1ccc(C(=O)C(C)N2CCC(C(C)O)C2)cc1. The van der Waals surface area contributed by atoms with Gasteiger partial charge in [-0.15, -0.1) is 0 Å². The van der Waals surface area contributed by atoms with Crippen molar-refractivity contribution in [3.63, 3.8) is 0 Å². The lowest BCUT2D eigenvalue weighted by molar-refractivity contribution is 0.0836. The molecule has 3 nitrogen and oxygen atoms in total. The van der Waals surface area contributed by atoms with Gasteiger partial charge in [-0.2, -0.15) is 0 Å². The summed E-state index contributed by atoms with van der Waals surface area (Å²) in [5.74, 6) is 0.472. The number of carbonyl (C=O) groups is 1. The molecule has 0 amide bonds. The van der Waals surface area contributed by atoms with Crippen LogP contribution >= 0.6 is 0 Å². The summed E-state index contributed by atoms with van der Waals surface area (Å²) in [6.07, 6.45) is 0.690. The molecule has 1 fully saturated rings. The fraction of sp³-hybridized carbons (Fsp3) is 0.562. The molecule has 1 heterocycles. The first-order valence-corrected chi connectivity index (χ1v) is 7.02. The van der Waals surface area contributed by atoms with Gasteiger partial charge < -0.3 is 5.11 Å². The van der Waals surface area contributed by atoms with Gasteiger partial charge in [0.15, 0.2) is 5.78 Å². The highest BCUT2D eigenvalue weighted by Crippen LogP contribution is 2.23. The van der Waals surface area contributed by atoms with E-state index >= 15 is 0 Å². The van der Waals surface area contributed by atoms with Crippen molar-refractivity contribution < 1.29 is 9.90 Å². The normalized spacial score (nSPS) is 23.3. The van der Waals surface area contributed by atoms with Crippen molar-refractivity contribution in [2.45, 2.75) is 39.3 Å². The summed E-state index contributed by atoms with van der Waals surface area (Å²) in [5, 5.41) is 9.63. The molecule has 1 N–H and O–H groups in total. The Balaban J connectivity index is 2.02. The zero-order valence-electron chi connectivity index (χ0n) is 12.0. The van der Waals surface area contributed by atoms with Crippen molar-refractivity contribution in [3.8, 4) is 0 Å². The van der Waals surface area contributed by atoms with Crippen LogP contribution < -0.4 is 0 Å². The summed E-state index contributed by atoms with van der Waals surface area (Å²) in [4.78, 5) is 14.6. The van der Waals surface area contributed by atoms with Crippen LogP contribution in [0.2, 0.25) is 0 Å². The average Bonchev–Trinajstić information content (AvgIpc) is 2.87. The highest BCUT2D eigenvalue weighted by Gasteiger charge is 2.31. The van der Waals surface area contributed by atoms with E-state index in [1.807, 2.05) is 45.0 Å². The lowest BCUT2D eigenvalue weighted by Gasteiger charge is -2.23. The van der Waals surface area contributed by atoms with Crippen molar-refractivity contribution in [3.05, 3.63) is 35.4 Å². The van der Waals surface area contributed by atoms with E-state index in [2.05, 4.69) is 4.90 Å². The Bertz CT molecular complexity index is 439. The molecule has 0 aromatic heterocycles. The minimum atomic E-state index is -0.285. The molecule has 0 radical (unpaired) electrons. The summed E-state index contributed by atoms with van der Waals surface area (Å²) >= 11 is 0. The smallest absolute Gasteiger partial charge is 0.179 e. The van der Waals surface area contributed by atoms with Gasteiger partial charge in [0.1, 0.15) is 0 Å². The van der Waals surface area contributed by atoms with E-state index < -0.39 is 0 Å². The molecule has 1 aromatic carbocycles. The van der Waals surface area contributed by atoms with E-state index in [1.54, 1.807) is 0 Å². The lowest BCUT2D eigenvalue weighted by Crippen LogP contribution is -2.38. The number of rotatable bonds is 4. The summed E-state index contributed by atoms with van der Waals surface area (Å²) < 4.78 is 0. The fourth-order valence-corrected chi connectivity index (χ4v) is 2.69. The number of ketones is 1. The quantitative estimate of drug-likeness (QED) is 0.845. The van der Waals surface area contributed by atoms with Crippen LogP contribution in [0.15, 0.2) is 24.3 Å². The summed E-state index contributed by atoms with van der Waals surface area (Å²) in [6.45, 7) is 7.53. The Morgan fingerprint density at radius 1 is 1.32 bits per heavy atom. The minimum absolute atomic E-state index is 0.105. The van der Waals surface area contributed by atoms with Gasteiger partial charge in [-0.05, 0) is 39.7 Å². The van der Waals surface area contributed by atoms with E-state index in [4.69, 9.17) is 0 Å². The number of Topliss-reactive ketones (excluding diaryl/α,β-unsaturated/α-hetero) is 1. The first-order chi connectivity index (χ1) is 8.99. The van der Waals surface area contributed by atoms with Crippen LogP contribution in [-0.4, -0.2) is 41.0 Å². The molecule has 0 spiro atoms. The predicted molar refractivity (Wildman–Crippen MR) is 76.3 cm³/mol. The van der Waals surface area contributed by atoms with E-state index in [-0.39, 0.29) is 17.9 Å². The average molecular weight is 261 g/mol. The molecule has 0 bridgehead atoms. The minimum Gasteiger partial charge on any atom is -0.393 e. The van der Waals surface area contributed by atoms with Crippen LogP contribution in [0.3, 0.4) is 0 Å². The van der Waals surface area contributed by atoms with Crippen LogP contribution in [0.5, 0.6) is 0 Å². The zero-order chi connectivity index (χ0) is 14.0. The van der Waals surface area contributed by atoms with Crippen molar-refractivity contribution >= 4 is 5.78 Å². The number of benzene rings is 1. The number of aryl methyl sites for hydroxylation is 1. The van der Waals surface area contributed by atoms with Gasteiger partial charge in [-0.25, -0.2) is 0 Å². The molecule has 3 unspecified atom stereocenters. The van der Waals surface area contributed by atoms with Gasteiger partial charge in [-0.1, -0.05) is 29.8 Å². The second-order valence-electron chi connectivity index (χ2n) is 5.69. The van der Waals surface area contributed by atoms with Gasteiger partial charge in [0.25, 0.3) is 0 Å². The first-order valence-electron chi connectivity index (χ1n) is 7.02. The largest absolute Gasteiger partial charge is 0.393 e. The van der Waals surface area contributed by atoms with Crippen molar-refractivity contribution in [2.24, 2.45) is 5.92 Å². The third-order valence-corrected chi connectivity index (χ3v) is 4.20. The molecule has 3 heteroatoms. The van der Waals surface area contributed by atoms with Gasteiger partial charge in [0.2, 0.25) is 0 Å². The van der Waals surface area contributed by atoms with Crippen LogP contribution in [0.1, 0.15) is 36.2 Å². The molecule has 1 aliphatic rings. The first kappa shape index (κ1) is 14.2. The van der Waals surface area contributed by atoms with E-state index in [9.17, 15) is 9.90 Å². The van der Waals surface area contributed by atoms with E-state index in [1.165, 1.54) is 5.56 Å². The van der Waals surface area contributed by atoms with E-state index in [0.29, 0.717) is 5.92 Å². The molecule has 1 aromatic rings. The number of likely N-dealkylation sites (tertiary alicyclic amines) is 1. The van der Waals surface area contributed by atoms with Gasteiger partial charge in [0.05, 0.1) is 12.1 Å². The summed E-state index contributed by atoms with van der Waals surface area (Å²) in [7, 11) is 0. The third-order valence-electron chi connectivity index (χ3n) is 4.20. The van der Waals surface area contributed by atoms with Crippen LogP contribution in [0, 0.1) is 12.8 Å². The van der Waals surface area contributed by atoms with Crippen molar-refractivity contribution in [1.82, 2.24) is 4.90 Å². The Morgan fingerprint density at radius 2 is 1.95 bits per heavy atom. The molecule has 1 aliphatic heterocycles. The Kier molecular flexibility index (Phi) is 4.38. The summed E-state index contributed by atoms with van der Waals surface area (Å²) in [5.41, 5.74) is 1.94. The van der Waals surface area contributed by atoms with Crippen molar-refractivity contribution in [1.29, 1.82) is 0 Å². The predicted octanol–water partition coefficient (Wildman–Crippen LogP) is 2.27.